The Hall–Kier alpha value is -2.77. The molecule has 1 fully saturated rings. The first kappa shape index (κ1) is 20.5. The molecule has 0 aliphatic carbocycles. The van der Waals surface area contributed by atoms with Gasteiger partial charge in [0.2, 0.25) is 5.91 Å². The Balaban J connectivity index is 1.33. The van der Waals surface area contributed by atoms with Crippen molar-refractivity contribution in [1.29, 1.82) is 0 Å². The van der Waals surface area contributed by atoms with E-state index in [1.165, 1.54) is 0 Å². The Labute approximate surface area is 179 Å². The molecule has 0 bridgehead atoms. The Morgan fingerprint density at radius 3 is 2.70 bits per heavy atom. The monoisotopic (exact) mass is 423 g/mol. The van der Waals surface area contributed by atoms with Crippen molar-refractivity contribution in [3.8, 4) is 0 Å². The van der Waals surface area contributed by atoms with Crippen molar-refractivity contribution in [3.63, 3.8) is 0 Å². The first-order chi connectivity index (χ1) is 14.6. The van der Waals surface area contributed by atoms with Gasteiger partial charge >= 0.3 is 0 Å². The summed E-state index contributed by atoms with van der Waals surface area (Å²) < 4.78 is 1.13. The van der Waals surface area contributed by atoms with Crippen LogP contribution >= 0.6 is 11.3 Å². The molecular formula is C23H25N3O3S. The van der Waals surface area contributed by atoms with Crippen molar-refractivity contribution in [3.05, 3.63) is 59.1 Å². The molecule has 2 N–H and O–H groups in total. The van der Waals surface area contributed by atoms with E-state index in [4.69, 9.17) is 0 Å². The zero-order chi connectivity index (χ0) is 20.9. The Kier molecular flexibility index (Phi) is 6.40. The number of rotatable bonds is 6. The minimum absolute atomic E-state index is 0.0306. The first-order valence-corrected chi connectivity index (χ1v) is 11.1. The molecule has 0 atom stereocenters. The van der Waals surface area contributed by atoms with Gasteiger partial charge in [-0.3, -0.25) is 9.59 Å². The topological polar surface area (TPSA) is 82.5 Å². The molecule has 0 unspecified atom stereocenters. The van der Waals surface area contributed by atoms with Gasteiger partial charge in [0, 0.05) is 43.8 Å². The number of amides is 2. The van der Waals surface area contributed by atoms with Gasteiger partial charge in [0.1, 0.15) is 0 Å². The fraction of sp³-hybridized carbons (Fsp3) is 0.348. The fourth-order valence-electron chi connectivity index (χ4n) is 3.70. The first-order valence-electron chi connectivity index (χ1n) is 10.3. The molecule has 1 aliphatic rings. The number of carbonyl (C=O) groups excluding carboxylic acids is 2. The maximum absolute atomic E-state index is 12.8. The number of likely N-dealkylation sites (tertiary alicyclic amines) is 1. The highest BCUT2D eigenvalue weighted by molar-refractivity contribution is 7.18. The number of thiazole rings is 1. The minimum Gasteiger partial charge on any atom is -0.396 e. The van der Waals surface area contributed by atoms with Crippen LogP contribution in [-0.4, -0.2) is 46.5 Å². The number of hydrogen-bond acceptors (Lipinski definition) is 5. The Morgan fingerprint density at radius 2 is 1.93 bits per heavy atom. The van der Waals surface area contributed by atoms with Crippen LogP contribution in [0.1, 0.15) is 34.6 Å². The summed E-state index contributed by atoms with van der Waals surface area (Å²) in [6.45, 7) is 1.49. The molecule has 1 aliphatic heterocycles. The predicted octanol–water partition coefficient (Wildman–Crippen LogP) is 3.71. The van der Waals surface area contributed by atoms with Gasteiger partial charge in [-0.2, -0.15) is 0 Å². The lowest BCUT2D eigenvalue weighted by atomic mass is 9.97. The molecule has 30 heavy (non-hydrogen) atoms. The second kappa shape index (κ2) is 9.36. The van der Waals surface area contributed by atoms with E-state index in [1.807, 2.05) is 29.2 Å². The normalized spacial score (nSPS) is 14.8. The number of aromatic nitrogens is 1. The van der Waals surface area contributed by atoms with Gasteiger partial charge in [-0.05, 0) is 49.1 Å². The van der Waals surface area contributed by atoms with Gasteiger partial charge in [-0.1, -0.05) is 18.2 Å². The molecule has 7 heteroatoms. The van der Waals surface area contributed by atoms with Crippen LogP contribution < -0.4 is 5.32 Å². The van der Waals surface area contributed by atoms with E-state index in [2.05, 4.69) is 10.3 Å². The van der Waals surface area contributed by atoms with Gasteiger partial charge < -0.3 is 15.3 Å². The summed E-state index contributed by atoms with van der Waals surface area (Å²) in [4.78, 5) is 31.6. The van der Waals surface area contributed by atoms with Crippen LogP contribution in [0.15, 0.2) is 48.5 Å². The van der Waals surface area contributed by atoms with Crippen LogP contribution in [0, 0.1) is 5.92 Å². The number of hydrogen-bond donors (Lipinski definition) is 2. The highest BCUT2D eigenvalue weighted by atomic mass is 32.1. The lowest BCUT2D eigenvalue weighted by Crippen LogP contribution is -2.39. The number of aryl methyl sites for hydroxylation is 1. The smallest absolute Gasteiger partial charge is 0.253 e. The highest BCUT2D eigenvalue weighted by Crippen LogP contribution is 2.23. The zero-order valence-corrected chi connectivity index (χ0v) is 17.5. The minimum atomic E-state index is -0.0948. The maximum Gasteiger partial charge on any atom is 0.253 e. The molecule has 1 aromatic heterocycles. The lowest BCUT2D eigenvalue weighted by Gasteiger charge is -2.31. The number of benzene rings is 2. The van der Waals surface area contributed by atoms with E-state index < -0.39 is 0 Å². The highest BCUT2D eigenvalue weighted by Gasteiger charge is 2.23. The van der Waals surface area contributed by atoms with Gasteiger partial charge in [0.15, 0.2) is 0 Å². The summed E-state index contributed by atoms with van der Waals surface area (Å²) in [5.41, 5.74) is 2.16. The van der Waals surface area contributed by atoms with Crippen molar-refractivity contribution in [2.24, 2.45) is 5.92 Å². The molecule has 0 radical (unpaired) electrons. The molecule has 3 aromatic rings. The fourth-order valence-corrected chi connectivity index (χ4v) is 4.67. The van der Waals surface area contributed by atoms with E-state index in [0.29, 0.717) is 37.2 Å². The van der Waals surface area contributed by atoms with Crippen molar-refractivity contribution in [2.45, 2.75) is 25.7 Å². The van der Waals surface area contributed by atoms with Gasteiger partial charge in [0.05, 0.1) is 15.2 Å². The van der Waals surface area contributed by atoms with Crippen molar-refractivity contribution < 1.29 is 14.7 Å². The third-order valence-corrected chi connectivity index (χ3v) is 6.55. The molecule has 1 saturated heterocycles. The zero-order valence-electron chi connectivity index (χ0n) is 16.7. The molecule has 6 nitrogen and oxygen atoms in total. The van der Waals surface area contributed by atoms with E-state index in [0.717, 1.165) is 28.1 Å². The number of nitrogens with zero attached hydrogens (tertiary/aromatic N) is 2. The van der Waals surface area contributed by atoms with Crippen molar-refractivity contribution >= 4 is 39.1 Å². The quantitative estimate of drug-likeness (QED) is 0.633. The molecular weight excluding hydrogens is 398 g/mol. The lowest BCUT2D eigenvalue weighted by molar-refractivity contribution is -0.116. The van der Waals surface area contributed by atoms with Crippen LogP contribution in [0.5, 0.6) is 0 Å². The van der Waals surface area contributed by atoms with Crippen LogP contribution in [0.4, 0.5) is 5.69 Å². The van der Waals surface area contributed by atoms with Gasteiger partial charge in [-0.15, -0.1) is 11.3 Å². The van der Waals surface area contributed by atoms with Crippen molar-refractivity contribution in [2.75, 3.05) is 25.0 Å². The number of piperidine rings is 1. The summed E-state index contributed by atoms with van der Waals surface area (Å²) in [6.07, 6.45) is 2.57. The van der Waals surface area contributed by atoms with Crippen LogP contribution in [-0.2, 0) is 11.2 Å². The standard InChI is InChI=1S/C23H25N3O3S/c27-15-16-10-12-26(13-11-16)23(29)17-4-3-5-18(14-17)24-21(28)8-9-22-25-19-6-1-2-7-20(19)30-22/h1-7,14,16,27H,8-13,15H2,(H,24,28). The Morgan fingerprint density at radius 1 is 1.13 bits per heavy atom. The molecule has 2 amide bonds. The summed E-state index contributed by atoms with van der Waals surface area (Å²) in [7, 11) is 0. The number of anilines is 1. The number of aliphatic hydroxyl groups excluding tert-OH is 1. The van der Waals surface area contributed by atoms with Crippen LogP contribution in [0.25, 0.3) is 10.2 Å². The second-order valence-electron chi connectivity index (χ2n) is 7.62. The average Bonchev–Trinajstić information content (AvgIpc) is 3.20. The molecule has 2 aromatic carbocycles. The SMILES string of the molecule is O=C(CCc1nc2ccccc2s1)Nc1cccc(C(=O)N2CCC(CO)CC2)c1. The number of carbonyl (C=O) groups is 2. The van der Waals surface area contributed by atoms with Crippen molar-refractivity contribution in [1.82, 2.24) is 9.88 Å². The third-order valence-electron chi connectivity index (χ3n) is 5.46. The number of fused-ring (bicyclic) bond motifs is 1. The maximum atomic E-state index is 12.8. The largest absolute Gasteiger partial charge is 0.396 e. The molecule has 4 rings (SSSR count). The molecule has 0 saturated carbocycles. The van der Waals surface area contributed by atoms with E-state index >= 15 is 0 Å². The van der Waals surface area contributed by atoms with Crippen LogP contribution in [0.2, 0.25) is 0 Å². The van der Waals surface area contributed by atoms with E-state index in [-0.39, 0.29) is 24.3 Å². The predicted molar refractivity (Wildman–Crippen MR) is 119 cm³/mol. The molecule has 2 heterocycles. The summed E-state index contributed by atoms with van der Waals surface area (Å²) >= 11 is 1.61. The van der Waals surface area contributed by atoms with E-state index in [9.17, 15) is 14.7 Å². The summed E-state index contributed by atoms with van der Waals surface area (Å²) in [6, 6.07) is 15.0. The average molecular weight is 424 g/mol. The molecule has 0 spiro atoms. The van der Waals surface area contributed by atoms with Gasteiger partial charge in [0.25, 0.3) is 5.91 Å². The van der Waals surface area contributed by atoms with Gasteiger partial charge in [-0.25, -0.2) is 4.98 Å². The molecule has 156 valence electrons. The summed E-state index contributed by atoms with van der Waals surface area (Å²) in [5, 5.41) is 13.1. The summed E-state index contributed by atoms with van der Waals surface area (Å²) in [5.74, 6) is 0.162. The third kappa shape index (κ3) is 4.86. The number of nitrogens with one attached hydrogen (secondary N) is 1. The number of para-hydroxylation sites is 1. The number of aliphatic hydroxyl groups is 1. The second-order valence-corrected chi connectivity index (χ2v) is 8.74. The van der Waals surface area contributed by atoms with E-state index in [1.54, 1.807) is 35.6 Å². The Bertz CT molecular complexity index is 1010. The van der Waals surface area contributed by atoms with Crippen LogP contribution in [0.3, 0.4) is 0 Å².